The van der Waals surface area contributed by atoms with Crippen molar-refractivity contribution in [3.63, 3.8) is 0 Å². The van der Waals surface area contributed by atoms with Crippen molar-refractivity contribution >= 4 is 35.0 Å². The lowest BCUT2D eigenvalue weighted by Gasteiger charge is -2.03. The highest BCUT2D eigenvalue weighted by Crippen LogP contribution is 2.23. The van der Waals surface area contributed by atoms with Crippen LogP contribution >= 0.6 is 0 Å². The van der Waals surface area contributed by atoms with Crippen molar-refractivity contribution in [2.45, 2.75) is 6.18 Å². The van der Waals surface area contributed by atoms with E-state index >= 15 is 0 Å². The fraction of sp³-hybridized carbons (Fsp3) is 0.0667. The van der Waals surface area contributed by atoms with Gasteiger partial charge in [0.25, 0.3) is 0 Å². The van der Waals surface area contributed by atoms with Crippen LogP contribution in [-0.2, 0) is 4.79 Å². The maximum Gasteiger partial charge on any atom is 0.430 e. The van der Waals surface area contributed by atoms with E-state index in [-0.39, 0.29) is 0 Å². The second-order valence-electron chi connectivity index (χ2n) is 4.57. The zero-order valence-corrected chi connectivity index (χ0v) is 11.6. The molecule has 8 heteroatoms. The lowest BCUT2D eigenvalue weighted by atomic mass is 10.1. The van der Waals surface area contributed by atoms with Gasteiger partial charge in [0, 0.05) is 23.2 Å². The van der Waals surface area contributed by atoms with Crippen molar-refractivity contribution in [1.29, 1.82) is 0 Å². The van der Waals surface area contributed by atoms with Gasteiger partial charge >= 0.3 is 12.1 Å². The van der Waals surface area contributed by atoms with Crippen LogP contribution in [0.2, 0.25) is 0 Å². The topological polar surface area (TPSA) is 91.5 Å². The van der Waals surface area contributed by atoms with E-state index < -0.39 is 17.8 Å². The molecule has 4 N–H and O–H groups in total. The van der Waals surface area contributed by atoms with E-state index in [1.54, 1.807) is 24.3 Å². The Morgan fingerprint density at radius 2 is 2.04 bits per heavy atom. The number of allylic oxidation sites excluding steroid dienone is 2. The molecule has 0 bridgehead atoms. The summed E-state index contributed by atoms with van der Waals surface area (Å²) in [6.45, 7) is 0. The highest BCUT2D eigenvalue weighted by molar-refractivity contribution is 5.89. The number of fused-ring (bicyclic) bond motifs is 1. The van der Waals surface area contributed by atoms with Crippen LogP contribution in [0.15, 0.2) is 47.1 Å². The standard InChI is InChI=1S/C15H12F3N3O2/c16-15(17,18)12(19)5-6-20-13-8-10-7-9(2-4-14(22)23)1-3-11(10)21-13/h1-8,21H,19H2,(H,22,23)/b4-2+,12-5-,20-6+. The van der Waals surface area contributed by atoms with Gasteiger partial charge in [-0.1, -0.05) is 6.07 Å². The maximum absolute atomic E-state index is 12.2. The number of hydrogen-bond acceptors (Lipinski definition) is 3. The molecule has 1 aromatic heterocycles. The molecule has 0 saturated carbocycles. The highest BCUT2D eigenvalue weighted by Gasteiger charge is 2.30. The number of H-pyrrole nitrogens is 1. The minimum Gasteiger partial charge on any atom is -0.478 e. The number of rotatable bonds is 4. The van der Waals surface area contributed by atoms with Crippen molar-refractivity contribution < 1.29 is 23.1 Å². The first kappa shape index (κ1) is 16.3. The van der Waals surface area contributed by atoms with Crippen molar-refractivity contribution in [1.82, 2.24) is 4.98 Å². The summed E-state index contributed by atoms with van der Waals surface area (Å²) in [5.74, 6) is -0.705. The number of aliphatic imine (C=N–C) groups is 1. The normalized spacial score (nSPS) is 13.4. The number of aromatic nitrogens is 1. The zero-order chi connectivity index (χ0) is 17.0. The van der Waals surface area contributed by atoms with Gasteiger partial charge in [0.1, 0.15) is 11.5 Å². The Kier molecular flexibility index (Phi) is 4.54. The second kappa shape index (κ2) is 6.39. The Bertz CT molecular complexity index is 817. The largest absolute Gasteiger partial charge is 0.478 e. The Labute approximate surface area is 128 Å². The summed E-state index contributed by atoms with van der Waals surface area (Å²) in [6.07, 6.45) is -0.509. The zero-order valence-electron chi connectivity index (χ0n) is 11.6. The lowest BCUT2D eigenvalue weighted by molar-refractivity contribution is -0.131. The molecule has 0 aliphatic carbocycles. The fourth-order valence-electron chi connectivity index (χ4n) is 1.77. The average molecular weight is 323 g/mol. The van der Waals surface area contributed by atoms with Crippen LogP contribution in [0.25, 0.3) is 17.0 Å². The van der Waals surface area contributed by atoms with Crippen LogP contribution in [0.4, 0.5) is 19.0 Å². The molecule has 1 heterocycles. The first-order chi connectivity index (χ1) is 10.8. The van der Waals surface area contributed by atoms with E-state index in [9.17, 15) is 18.0 Å². The minimum absolute atomic E-state index is 0.352. The molecule has 23 heavy (non-hydrogen) atoms. The molecule has 2 aromatic rings. The molecular weight excluding hydrogens is 311 g/mol. The number of aliphatic carboxylic acids is 1. The van der Waals surface area contributed by atoms with Gasteiger partial charge in [-0.25, -0.2) is 9.79 Å². The van der Waals surface area contributed by atoms with Gasteiger partial charge in [-0.05, 0) is 35.9 Å². The predicted molar refractivity (Wildman–Crippen MR) is 81.4 cm³/mol. The number of nitrogens with two attached hydrogens (primary N) is 1. The van der Waals surface area contributed by atoms with Crippen LogP contribution in [0.3, 0.4) is 0 Å². The van der Waals surface area contributed by atoms with Crippen LogP contribution in [0, 0.1) is 0 Å². The number of carbonyl (C=O) groups is 1. The van der Waals surface area contributed by atoms with Gasteiger partial charge in [0.15, 0.2) is 0 Å². The summed E-state index contributed by atoms with van der Waals surface area (Å²) in [5.41, 5.74) is 5.01. The van der Waals surface area contributed by atoms with Crippen molar-refractivity contribution in [2.75, 3.05) is 0 Å². The molecule has 0 aliphatic heterocycles. The molecule has 0 spiro atoms. The Hall–Kier alpha value is -3.03. The van der Waals surface area contributed by atoms with Crippen LogP contribution < -0.4 is 5.73 Å². The van der Waals surface area contributed by atoms with E-state index in [1.807, 2.05) is 0 Å². The third kappa shape index (κ3) is 4.47. The molecule has 0 atom stereocenters. The summed E-state index contributed by atoms with van der Waals surface area (Å²) < 4.78 is 36.6. The number of nitrogens with zero attached hydrogens (tertiary/aromatic N) is 1. The lowest BCUT2D eigenvalue weighted by Crippen LogP contribution is -2.19. The molecule has 2 rings (SSSR count). The second-order valence-corrected chi connectivity index (χ2v) is 4.57. The minimum atomic E-state index is -4.59. The van der Waals surface area contributed by atoms with Crippen LogP contribution in [0.1, 0.15) is 5.56 Å². The molecule has 5 nitrogen and oxygen atoms in total. The van der Waals surface area contributed by atoms with Gasteiger partial charge in [0.2, 0.25) is 0 Å². The molecule has 0 amide bonds. The Morgan fingerprint density at radius 3 is 2.70 bits per heavy atom. The Balaban J connectivity index is 2.22. The molecule has 0 radical (unpaired) electrons. The molecule has 120 valence electrons. The molecule has 0 unspecified atom stereocenters. The van der Waals surface area contributed by atoms with E-state index in [0.717, 1.165) is 23.2 Å². The predicted octanol–water partition coefficient (Wildman–Crippen LogP) is 3.37. The summed E-state index contributed by atoms with van der Waals surface area (Å²) >= 11 is 0. The van der Waals surface area contributed by atoms with E-state index in [0.29, 0.717) is 17.5 Å². The molecule has 0 saturated heterocycles. The number of alkyl halides is 3. The first-order valence-electron chi connectivity index (χ1n) is 6.36. The third-order valence-corrected chi connectivity index (χ3v) is 2.84. The van der Waals surface area contributed by atoms with E-state index in [1.165, 1.54) is 6.08 Å². The van der Waals surface area contributed by atoms with Gasteiger partial charge < -0.3 is 15.8 Å². The van der Waals surface area contributed by atoms with Gasteiger partial charge in [-0.15, -0.1) is 0 Å². The van der Waals surface area contributed by atoms with Crippen LogP contribution in [0.5, 0.6) is 0 Å². The van der Waals surface area contributed by atoms with Gasteiger partial charge in [0.05, 0.1) is 0 Å². The van der Waals surface area contributed by atoms with Crippen molar-refractivity contribution in [3.05, 3.63) is 47.7 Å². The number of nitrogens with one attached hydrogen (secondary N) is 1. The monoisotopic (exact) mass is 323 g/mol. The summed E-state index contributed by atoms with van der Waals surface area (Å²) in [7, 11) is 0. The third-order valence-electron chi connectivity index (χ3n) is 2.84. The van der Waals surface area contributed by atoms with E-state index in [2.05, 4.69) is 9.98 Å². The summed E-state index contributed by atoms with van der Waals surface area (Å²) in [5, 5.41) is 9.33. The van der Waals surface area contributed by atoms with Crippen LogP contribution in [-0.4, -0.2) is 28.5 Å². The van der Waals surface area contributed by atoms with Gasteiger partial charge in [-0.2, -0.15) is 13.2 Å². The SMILES string of the molecule is N/C(=C\C=N\c1cc2cc(/C=C/C(=O)O)ccc2[nH]1)C(F)(F)F. The van der Waals surface area contributed by atoms with Crippen molar-refractivity contribution in [2.24, 2.45) is 10.7 Å². The smallest absolute Gasteiger partial charge is 0.430 e. The average Bonchev–Trinajstić information content (AvgIpc) is 2.85. The highest BCUT2D eigenvalue weighted by atomic mass is 19.4. The number of benzene rings is 1. The fourth-order valence-corrected chi connectivity index (χ4v) is 1.77. The maximum atomic E-state index is 12.2. The number of aromatic amines is 1. The quantitative estimate of drug-likeness (QED) is 0.595. The first-order valence-corrected chi connectivity index (χ1v) is 6.36. The van der Waals surface area contributed by atoms with Crippen molar-refractivity contribution in [3.8, 4) is 0 Å². The molecule has 1 aromatic carbocycles. The summed E-state index contributed by atoms with van der Waals surface area (Å²) in [4.78, 5) is 17.2. The molecular formula is C15H12F3N3O2. The summed E-state index contributed by atoms with van der Waals surface area (Å²) in [6, 6.07) is 6.77. The van der Waals surface area contributed by atoms with Gasteiger partial charge in [-0.3, -0.25) is 0 Å². The number of carboxylic acid groups (broad SMARTS) is 1. The number of hydrogen-bond donors (Lipinski definition) is 3. The number of halogens is 3. The Morgan fingerprint density at radius 1 is 1.30 bits per heavy atom. The molecule has 0 aliphatic rings. The molecule has 0 fully saturated rings. The number of carboxylic acids is 1. The van der Waals surface area contributed by atoms with E-state index in [4.69, 9.17) is 10.8 Å².